The number of benzene rings is 2. The molecule has 35 heavy (non-hydrogen) atoms. The van der Waals surface area contributed by atoms with Crippen LogP contribution in [0.4, 0.5) is 0 Å². The molecule has 8 nitrogen and oxygen atoms in total. The van der Waals surface area contributed by atoms with Gasteiger partial charge < -0.3 is 14.2 Å². The van der Waals surface area contributed by atoms with Crippen LogP contribution in [0.5, 0.6) is 5.75 Å². The van der Waals surface area contributed by atoms with Crippen molar-refractivity contribution >= 4 is 39.2 Å². The van der Waals surface area contributed by atoms with Gasteiger partial charge in [0.2, 0.25) is 5.91 Å². The van der Waals surface area contributed by atoms with Gasteiger partial charge in [0.15, 0.2) is 5.58 Å². The minimum absolute atomic E-state index is 0.00198. The summed E-state index contributed by atoms with van der Waals surface area (Å²) in [7, 11) is 2.11. The normalized spacial score (nSPS) is 19.7. The van der Waals surface area contributed by atoms with Crippen LogP contribution < -0.4 is 4.74 Å². The Morgan fingerprint density at radius 3 is 2.71 bits per heavy atom. The highest BCUT2D eigenvalue weighted by Crippen LogP contribution is 2.37. The van der Waals surface area contributed by atoms with E-state index in [4.69, 9.17) is 9.26 Å². The minimum atomic E-state index is -0.395. The first-order chi connectivity index (χ1) is 16.9. The van der Waals surface area contributed by atoms with Crippen molar-refractivity contribution in [1.82, 2.24) is 15.0 Å². The maximum Gasteiger partial charge on any atom is 0.219 e. The first kappa shape index (κ1) is 23.5. The zero-order valence-corrected chi connectivity index (χ0v) is 20.3. The number of nitrogens with zero attached hydrogens (tertiary/aromatic N) is 3. The van der Waals surface area contributed by atoms with E-state index in [-0.39, 0.29) is 23.9 Å². The van der Waals surface area contributed by atoms with E-state index in [0.717, 1.165) is 54.4 Å². The number of aromatic nitrogens is 1. The van der Waals surface area contributed by atoms with Gasteiger partial charge in [0.05, 0.1) is 17.7 Å². The van der Waals surface area contributed by atoms with Crippen LogP contribution in [-0.2, 0) is 14.4 Å². The number of hydrogen-bond donors (Lipinski definition) is 0. The fourth-order valence-corrected chi connectivity index (χ4v) is 5.37. The predicted molar refractivity (Wildman–Crippen MR) is 132 cm³/mol. The van der Waals surface area contributed by atoms with Crippen molar-refractivity contribution in [2.45, 2.75) is 51.0 Å². The van der Waals surface area contributed by atoms with Crippen LogP contribution in [0, 0.1) is 0 Å². The van der Waals surface area contributed by atoms with Crippen LogP contribution in [0.15, 0.2) is 34.9 Å². The van der Waals surface area contributed by atoms with Crippen LogP contribution in [0.1, 0.15) is 50.6 Å². The Balaban J connectivity index is 1.26. The van der Waals surface area contributed by atoms with Gasteiger partial charge in [-0.05, 0) is 61.3 Å². The fraction of sp³-hybridized carbons (Fsp3) is 0.481. The van der Waals surface area contributed by atoms with Crippen molar-refractivity contribution < 1.29 is 23.6 Å². The molecule has 1 saturated heterocycles. The van der Waals surface area contributed by atoms with Gasteiger partial charge >= 0.3 is 0 Å². The maximum atomic E-state index is 12.5. The van der Waals surface area contributed by atoms with Crippen molar-refractivity contribution in [2.75, 3.05) is 33.3 Å². The summed E-state index contributed by atoms with van der Waals surface area (Å²) >= 11 is 0. The molecule has 8 heteroatoms. The molecule has 184 valence electrons. The van der Waals surface area contributed by atoms with Gasteiger partial charge in [0.25, 0.3) is 0 Å². The molecule has 1 saturated carbocycles. The quantitative estimate of drug-likeness (QED) is 0.500. The van der Waals surface area contributed by atoms with E-state index in [1.807, 2.05) is 35.2 Å². The molecule has 2 aliphatic rings. The van der Waals surface area contributed by atoms with E-state index in [2.05, 4.69) is 17.1 Å². The molecule has 0 spiro atoms. The molecule has 1 amide bonds. The third-order valence-corrected chi connectivity index (χ3v) is 7.50. The number of carbonyl (C=O) groups excluding carboxylic acids is 3. The summed E-state index contributed by atoms with van der Waals surface area (Å²) in [5.74, 6) is 0.464. The molecule has 2 aromatic carbocycles. The van der Waals surface area contributed by atoms with Gasteiger partial charge in [-0.2, -0.15) is 0 Å². The van der Waals surface area contributed by atoms with Crippen LogP contribution in [0.25, 0.3) is 21.7 Å². The number of carbonyl (C=O) groups is 3. The molecule has 2 fully saturated rings. The molecule has 5 rings (SSSR count). The summed E-state index contributed by atoms with van der Waals surface area (Å²) in [6, 6.07) is 10.2. The highest BCUT2D eigenvalue weighted by molar-refractivity contribution is 6.11. The van der Waals surface area contributed by atoms with Gasteiger partial charge in [-0.15, -0.1) is 0 Å². The topological polar surface area (TPSA) is 92.9 Å². The number of ether oxygens (including phenoxy) is 1. The zero-order valence-electron chi connectivity index (χ0n) is 20.3. The Hall–Kier alpha value is -3.26. The van der Waals surface area contributed by atoms with Gasteiger partial charge in [0.1, 0.15) is 29.6 Å². The highest BCUT2D eigenvalue weighted by atomic mass is 16.5. The van der Waals surface area contributed by atoms with E-state index in [9.17, 15) is 14.4 Å². The van der Waals surface area contributed by atoms with Crippen LogP contribution in [0.3, 0.4) is 0 Å². The Morgan fingerprint density at radius 2 is 1.97 bits per heavy atom. The van der Waals surface area contributed by atoms with Crippen molar-refractivity contribution in [1.29, 1.82) is 0 Å². The monoisotopic (exact) mass is 477 g/mol. The smallest absolute Gasteiger partial charge is 0.219 e. The molecule has 1 aromatic heterocycles. The Bertz CT molecular complexity index is 1270. The predicted octanol–water partition coefficient (Wildman–Crippen LogP) is 3.71. The zero-order chi connectivity index (χ0) is 24.5. The van der Waals surface area contributed by atoms with E-state index >= 15 is 0 Å². The third-order valence-electron chi connectivity index (χ3n) is 7.50. The van der Waals surface area contributed by atoms with E-state index in [0.29, 0.717) is 36.8 Å². The summed E-state index contributed by atoms with van der Waals surface area (Å²) < 4.78 is 11.6. The standard InChI is InChI=1S/C27H31N3O5/c1-17(31)30-11-9-19(10-12-30)29(2)13-14-34-21-5-7-22-18(15-21)3-8-25-26(22)27(28-35-25)23-6-4-20(32)16-24(23)33/h3,5,7-8,15,19,23H,4,6,9-14,16H2,1-2H3. The van der Waals surface area contributed by atoms with Crippen LogP contribution in [0.2, 0.25) is 0 Å². The Labute approximate surface area is 204 Å². The highest BCUT2D eigenvalue weighted by Gasteiger charge is 2.32. The molecule has 1 aliphatic carbocycles. The fourth-order valence-electron chi connectivity index (χ4n) is 5.37. The van der Waals surface area contributed by atoms with Gasteiger partial charge in [0, 0.05) is 39.0 Å². The van der Waals surface area contributed by atoms with Crippen LogP contribution >= 0.6 is 0 Å². The molecule has 3 aromatic rings. The summed E-state index contributed by atoms with van der Waals surface area (Å²) in [4.78, 5) is 40.0. The lowest BCUT2D eigenvalue weighted by Gasteiger charge is -2.36. The van der Waals surface area contributed by atoms with E-state index in [1.165, 1.54) is 0 Å². The lowest BCUT2D eigenvalue weighted by molar-refractivity contribution is -0.131. The molecule has 1 atom stereocenters. The summed E-state index contributed by atoms with van der Waals surface area (Å²) in [6.07, 6.45) is 2.84. The number of likely N-dealkylation sites (tertiary alicyclic amines) is 1. The van der Waals surface area contributed by atoms with Crippen molar-refractivity contribution in [3.63, 3.8) is 0 Å². The number of hydrogen-bond acceptors (Lipinski definition) is 7. The molecule has 1 aliphatic heterocycles. The van der Waals surface area contributed by atoms with Crippen LogP contribution in [-0.4, -0.2) is 71.8 Å². The first-order valence-corrected chi connectivity index (χ1v) is 12.4. The summed E-state index contributed by atoms with van der Waals surface area (Å²) in [5, 5.41) is 7.03. The SMILES string of the molecule is CC(=O)N1CCC(N(C)CCOc2ccc3c(ccc4onc(C5CCC(=O)CC5=O)c43)c2)CC1. The molecule has 0 N–H and O–H groups in total. The largest absolute Gasteiger partial charge is 0.492 e. The minimum Gasteiger partial charge on any atom is -0.492 e. The molecule has 0 radical (unpaired) electrons. The summed E-state index contributed by atoms with van der Waals surface area (Å²) in [6.45, 7) is 4.64. The lowest BCUT2D eigenvalue weighted by atomic mass is 9.83. The average molecular weight is 478 g/mol. The Morgan fingerprint density at radius 1 is 1.17 bits per heavy atom. The van der Waals surface area contributed by atoms with Gasteiger partial charge in [-0.1, -0.05) is 11.2 Å². The maximum absolute atomic E-state index is 12.5. The van der Waals surface area contributed by atoms with Crippen molar-refractivity contribution in [3.05, 3.63) is 36.0 Å². The lowest BCUT2D eigenvalue weighted by Crippen LogP contribution is -2.45. The number of piperidine rings is 1. The third kappa shape index (κ3) is 4.80. The second-order valence-corrected chi connectivity index (χ2v) is 9.73. The molecular formula is C27H31N3O5. The number of fused-ring (bicyclic) bond motifs is 3. The number of ketones is 2. The average Bonchev–Trinajstić information content (AvgIpc) is 3.28. The molecular weight excluding hydrogens is 446 g/mol. The first-order valence-electron chi connectivity index (χ1n) is 12.4. The van der Waals surface area contributed by atoms with Crippen molar-refractivity contribution in [3.8, 4) is 5.75 Å². The number of likely N-dealkylation sites (N-methyl/N-ethyl adjacent to an activating group) is 1. The van der Waals surface area contributed by atoms with Gasteiger partial charge in [-0.3, -0.25) is 19.3 Å². The molecule has 2 heterocycles. The number of amides is 1. The summed E-state index contributed by atoms with van der Waals surface area (Å²) in [5.41, 5.74) is 1.28. The Kier molecular flexibility index (Phi) is 6.56. The van der Waals surface area contributed by atoms with Crippen molar-refractivity contribution in [2.24, 2.45) is 0 Å². The second-order valence-electron chi connectivity index (χ2n) is 9.73. The van der Waals surface area contributed by atoms with E-state index < -0.39 is 5.92 Å². The second kappa shape index (κ2) is 9.77. The number of Topliss-reactive ketones (excluding diaryl/α,β-unsaturated/α-hetero) is 2. The number of rotatable bonds is 6. The van der Waals surface area contributed by atoms with Gasteiger partial charge in [-0.25, -0.2) is 0 Å². The molecule has 0 bridgehead atoms. The van der Waals surface area contributed by atoms with E-state index in [1.54, 1.807) is 6.92 Å². The molecule has 1 unspecified atom stereocenters.